The molecule has 0 aromatic carbocycles. The summed E-state index contributed by atoms with van der Waals surface area (Å²) in [5, 5.41) is 0. The summed E-state index contributed by atoms with van der Waals surface area (Å²) in [4.78, 5) is 27.9. The van der Waals surface area contributed by atoms with Crippen molar-refractivity contribution in [1.29, 1.82) is 0 Å². The number of hydrogen-bond donors (Lipinski definition) is 0. The lowest BCUT2D eigenvalue weighted by Gasteiger charge is -2.18. The van der Waals surface area contributed by atoms with Crippen molar-refractivity contribution in [1.82, 2.24) is 19.9 Å². The largest absolute Gasteiger partial charge is 0.467 e. The second-order valence-corrected chi connectivity index (χ2v) is 4.77. The molecule has 1 atom stereocenters. The summed E-state index contributed by atoms with van der Waals surface area (Å²) < 4.78 is 10.1. The zero-order chi connectivity index (χ0) is 14.7. The first kappa shape index (κ1) is 14.3. The van der Waals surface area contributed by atoms with Gasteiger partial charge in [0, 0.05) is 27.2 Å². The van der Waals surface area contributed by atoms with Gasteiger partial charge in [-0.1, -0.05) is 0 Å². The monoisotopic (exact) mass is 281 g/mol. The Hall–Kier alpha value is -2.12. The van der Waals surface area contributed by atoms with Crippen molar-refractivity contribution in [3.8, 4) is 12.0 Å². The van der Waals surface area contributed by atoms with E-state index in [2.05, 4.69) is 15.0 Å². The second kappa shape index (κ2) is 5.89. The zero-order valence-corrected chi connectivity index (χ0v) is 12.2. The highest BCUT2D eigenvalue weighted by Crippen LogP contribution is 2.24. The van der Waals surface area contributed by atoms with E-state index in [1.165, 1.54) is 14.2 Å². The maximum absolute atomic E-state index is 12.0. The van der Waals surface area contributed by atoms with Gasteiger partial charge in [0.15, 0.2) is 0 Å². The molecule has 110 valence electrons. The second-order valence-electron chi connectivity index (χ2n) is 4.77. The number of aromatic nitrogens is 3. The average Bonchev–Trinajstić information content (AvgIpc) is 2.95. The van der Waals surface area contributed by atoms with Crippen molar-refractivity contribution >= 4 is 11.9 Å². The van der Waals surface area contributed by atoms with Gasteiger partial charge in [-0.05, 0) is 6.42 Å². The molecular formula is C12H19N5O3. The number of nitrogens with zero attached hydrogens (tertiary/aromatic N) is 5. The quantitative estimate of drug-likeness (QED) is 0.756. The van der Waals surface area contributed by atoms with Gasteiger partial charge in [0.2, 0.25) is 11.9 Å². The van der Waals surface area contributed by atoms with E-state index in [0.717, 1.165) is 13.0 Å². The van der Waals surface area contributed by atoms with Gasteiger partial charge >= 0.3 is 12.0 Å². The number of hydrogen-bond acceptors (Lipinski definition) is 7. The Bertz CT molecular complexity index is 472. The number of anilines is 1. The maximum Gasteiger partial charge on any atom is 0.324 e. The van der Waals surface area contributed by atoms with E-state index in [-0.39, 0.29) is 23.8 Å². The molecule has 20 heavy (non-hydrogen) atoms. The van der Waals surface area contributed by atoms with Crippen molar-refractivity contribution in [2.75, 3.05) is 46.3 Å². The molecule has 0 saturated carbocycles. The molecule has 1 fully saturated rings. The molecule has 2 rings (SSSR count). The summed E-state index contributed by atoms with van der Waals surface area (Å²) in [5.41, 5.74) is 0. The molecule has 1 amide bonds. The summed E-state index contributed by atoms with van der Waals surface area (Å²) >= 11 is 0. The first-order valence-electron chi connectivity index (χ1n) is 6.35. The highest BCUT2D eigenvalue weighted by atomic mass is 16.5. The van der Waals surface area contributed by atoms with E-state index in [1.807, 2.05) is 4.90 Å². The zero-order valence-electron chi connectivity index (χ0n) is 12.2. The van der Waals surface area contributed by atoms with Gasteiger partial charge in [0.25, 0.3) is 0 Å². The third-order valence-electron chi connectivity index (χ3n) is 3.21. The Morgan fingerprint density at radius 3 is 2.30 bits per heavy atom. The summed E-state index contributed by atoms with van der Waals surface area (Å²) in [6, 6.07) is 0.406. The topological polar surface area (TPSA) is 80.7 Å². The van der Waals surface area contributed by atoms with Crippen LogP contribution in [0.4, 0.5) is 5.95 Å². The van der Waals surface area contributed by atoms with Crippen LogP contribution < -0.4 is 14.4 Å². The van der Waals surface area contributed by atoms with Crippen LogP contribution in [-0.4, -0.2) is 67.2 Å². The molecule has 8 heteroatoms. The van der Waals surface area contributed by atoms with E-state index in [4.69, 9.17) is 9.47 Å². The van der Waals surface area contributed by atoms with Gasteiger partial charge in [0.05, 0.1) is 20.1 Å². The van der Waals surface area contributed by atoms with E-state index < -0.39 is 0 Å². The first-order valence-corrected chi connectivity index (χ1v) is 6.35. The van der Waals surface area contributed by atoms with E-state index >= 15 is 0 Å². The highest BCUT2D eigenvalue weighted by molar-refractivity contribution is 5.79. The summed E-state index contributed by atoms with van der Waals surface area (Å²) in [6.45, 7) is 1.31. The molecular weight excluding hydrogens is 262 g/mol. The molecule has 0 N–H and O–H groups in total. The number of methoxy groups -OCH3 is 2. The molecule has 1 aliphatic heterocycles. The Kier molecular flexibility index (Phi) is 4.21. The highest BCUT2D eigenvalue weighted by Gasteiger charge is 2.31. The third-order valence-corrected chi connectivity index (χ3v) is 3.21. The van der Waals surface area contributed by atoms with Crippen molar-refractivity contribution in [2.24, 2.45) is 5.92 Å². The van der Waals surface area contributed by atoms with Crippen LogP contribution in [0.1, 0.15) is 6.42 Å². The smallest absolute Gasteiger partial charge is 0.324 e. The number of amides is 1. The Morgan fingerprint density at radius 2 is 1.80 bits per heavy atom. The molecule has 1 unspecified atom stereocenters. The molecule has 0 aliphatic carbocycles. The van der Waals surface area contributed by atoms with Crippen molar-refractivity contribution < 1.29 is 14.3 Å². The minimum Gasteiger partial charge on any atom is -0.467 e. The third kappa shape index (κ3) is 2.89. The van der Waals surface area contributed by atoms with Crippen LogP contribution in [0.3, 0.4) is 0 Å². The summed E-state index contributed by atoms with van der Waals surface area (Å²) in [7, 11) is 6.50. The fraction of sp³-hybridized carbons (Fsp3) is 0.667. The van der Waals surface area contributed by atoms with Crippen LogP contribution in [0.5, 0.6) is 12.0 Å². The molecule has 1 aromatic rings. The number of carbonyl (C=O) groups excluding carboxylic acids is 1. The fourth-order valence-electron chi connectivity index (χ4n) is 2.16. The predicted octanol–water partition coefficient (Wildman–Crippen LogP) is -0.197. The molecule has 8 nitrogen and oxygen atoms in total. The molecule has 2 heterocycles. The number of carbonyl (C=O) groups is 1. The SMILES string of the molecule is COc1nc(OC)nc(N2CCC(C(=O)N(C)C)C2)n1. The summed E-state index contributed by atoms with van der Waals surface area (Å²) in [5.74, 6) is 0.571. The Morgan fingerprint density at radius 1 is 1.20 bits per heavy atom. The van der Waals surface area contributed by atoms with Crippen molar-refractivity contribution in [2.45, 2.75) is 6.42 Å². The van der Waals surface area contributed by atoms with Crippen LogP contribution >= 0.6 is 0 Å². The summed E-state index contributed by atoms with van der Waals surface area (Å²) in [6.07, 6.45) is 0.785. The molecule has 1 aromatic heterocycles. The Labute approximate surface area is 117 Å². The number of rotatable bonds is 4. The van der Waals surface area contributed by atoms with Crippen molar-refractivity contribution in [3.63, 3.8) is 0 Å². The predicted molar refractivity (Wildman–Crippen MR) is 71.9 cm³/mol. The molecule has 1 saturated heterocycles. The van der Waals surface area contributed by atoms with Gasteiger partial charge in [-0.3, -0.25) is 4.79 Å². The molecule has 1 aliphatic rings. The van der Waals surface area contributed by atoms with Crippen molar-refractivity contribution in [3.05, 3.63) is 0 Å². The fourth-order valence-corrected chi connectivity index (χ4v) is 2.16. The van der Waals surface area contributed by atoms with Crippen LogP contribution in [0.2, 0.25) is 0 Å². The maximum atomic E-state index is 12.0. The lowest BCUT2D eigenvalue weighted by molar-refractivity contribution is -0.132. The van der Waals surface area contributed by atoms with Crippen LogP contribution in [0.25, 0.3) is 0 Å². The van der Waals surface area contributed by atoms with E-state index in [9.17, 15) is 4.79 Å². The molecule has 0 bridgehead atoms. The minimum absolute atomic E-state index is 0.0289. The standard InChI is InChI=1S/C12H19N5O3/c1-16(2)9(18)8-5-6-17(7-8)10-13-11(19-3)15-12(14-10)20-4/h8H,5-7H2,1-4H3. The van der Waals surface area contributed by atoms with Gasteiger partial charge < -0.3 is 19.3 Å². The molecule has 0 spiro atoms. The lowest BCUT2D eigenvalue weighted by Crippen LogP contribution is -2.32. The van der Waals surface area contributed by atoms with Gasteiger partial charge in [-0.15, -0.1) is 4.98 Å². The van der Waals surface area contributed by atoms with Crippen LogP contribution in [-0.2, 0) is 4.79 Å². The normalized spacial score (nSPS) is 18.0. The average molecular weight is 281 g/mol. The number of ether oxygens (including phenoxy) is 2. The Balaban J connectivity index is 2.15. The first-order chi connectivity index (χ1) is 9.55. The molecule has 0 radical (unpaired) electrons. The van der Waals surface area contributed by atoms with E-state index in [1.54, 1.807) is 19.0 Å². The van der Waals surface area contributed by atoms with Crippen LogP contribution in [0.15, 0.2) is 0 Å². The van der Waals surface area contributed by atoms with Crippen LogP contribution in [0, 0.1) is 5.92 Å². The minimum atomic E-state index is -0.0289. The van der Waals surface area contributed by atoms with Gasteiger partial charge in [-0.25, -0.2) is 0 Å². The van der Waals surface area contributed by atoms with Gasteiger partial charge in [0.1, 0.15) is 0 Å². The van der Waals surface area contributed by atoms with Gasteiger partial charge in [-0.2, -0.15) is 9.97 Å². The van der Waals surface area contributed by atoms with E-state index in [0.29, 0.717) is 12.5 Å². The lowest BCUT2D eigenvalue weighted by atomic mass is 10.1.